The Morgan fingerprint density at radius 3 is 2.85 bits per heavy atom. The van der Waals surface area contributed by atoms with Gasteiger partial charge >= 0.3 is 6.03 Å². The van der Waals surface area contributed by atoms with Gasteiger partial charge in [0.05, 0.1) is 12.2 Å². The van der Waals surface area contributed by atoms with Gasteiger partial charge in [-0.1, -0.05) is 22.9 Å². The van der Waals surface area contributed by atoms with Crippen molar-refractivity contribution in [2.24, 2.45) is 5.73 Å². The topological polar surface area (TPSA) is 123 Å². The Morgan fingerprint density at radius 1 is 1.38 bits per heavy atom. The van der Waals surface area contributed by atoms with Crippen LogP contribution in [-0.4, -0.2) is 43.8 Å². The fourth-order valence-corrected chi connectivity index (χ4v) is 2.79. The van der Waals surface area contributed by atoms with Gasteiger partial charge in [0, 0.05) is 17.6 Å². The molecule has 0 bridgehead atoms. The molecule has 9 nitrogen and oxygen atoms in total. The molecule has 26 heavy (non-hydrogen) atoms. The van der Waals surface area contributed by atoms with E-state index in [9.17, 15) is 18.8 Å². The predicted octanol–water partition coefficient (Wildman–Crippen LogP) is 0.219. The monoisotopic (exact) mass is 380 g/mol. The lowest BCUT2D eigenvalue weighted by molar-refractivity contribution is -0.127. The lowest BCUT2D eigenvalue weighted by Gasteiger charge is -2.14. The van der Waals surface area contributed by atoms with Gasteiger partial charge in [-0.2, -0.15) is 0 Å². The molecule has 3 rings (SSSR count). The predicted molar refractivity (Wildman–Crippen MR) is 87.2 cm³/mol. The number of primary amides is 1. The number of aromatic nitrogens is 3. The van der Waals surface area contributed by atoms with Crippen LogP contribution in [0.2, 0.25) is 5.02 Å². The zero-order valence-electron chi connectivity index (χ0n) is 13.4. The minimum Gasteiger partial charge on any atom is -0.368 e. The van der Waals surface area contributed by atoms with Crippen LogP contribution >= 0.6 is 11.6 Å². The number of hydrogen-bond acceptors (Lipinski definition) is 5. The molecule has 2 heterocycles. The van der Waals surface area contributed by atoms with Crippen LogP contribution in [0.1, 0.15) is 11.3 Å². The van der Waals surface area contributed by atoms with Crippen LogP contribution < -0.4 is 11.1 Å². The fraction of sp³-hybridized carbons (Fsp3) is 0.267. The van der Waals surface area contributed by atoms with Gasteiger partial charge in [0.1, 0.15) is 18.4 Å². The Labute approximate surface area is 151 Å². The van der Waals surface area contributed by atoms with Crippen molar-refractivity contribution in [3.8, 4) is 0 Å². The molecule has 0 aliphatic carbocycles. The molecule has 1 fully saturated rings. The number of halogens is 2. The number of benzene rings is 1. The normalized spacial score (nSPS) is 16.8. The van der Waals surface area contributed by atoms with Crippen LogP contribution in [-0.2, 0) is 29.1 Å². The quantitative estimate of drug-likeness (QED) is 0.694. The van der Waals surface area contributed by atoms with Crippen LogP contribution in [0.4, 0.5) is 9.18 Å². The van der Waals surface area contributed by atoms with Gasteiger partial charge in [-0.3, -0.25) is 14.5 Å². The van der Waals surface area contributed by atoms with E-state index in [4.69, 9.17) is 17.3 Å². The molecule has 4 amide bonds. The summed E-state index contributed by atoms with van der Waals surface area (Å²) >= 11 is 5.95. The maximum atomic E-state index is 13.1. The summed E-state index contributed by atoms with van der Waals surface area (Å²) in [7, 11) is 0. The lowest BCUT2D eigenvalue weighted by atomic mass is 10.1. The van der Waals surface area contributed by atoms with E-state index in [0.29, 0.717) is 11.3 Å². The zero-order valence-corrected chi connectivity index (χ0v) is 14.1. The molecule has 1 aliphatic rings. The second-order valence-corrected chi connectivity index (χ2v) is 6.15. The first kappa shape index (κ1) is 17.8. The molecule has 0 saturated carbocycles. The van der Waals surface area contributed by atoms with E-state index in [1.807, 2.05) is 0 Å². The van der Waals surface area contributed by atoms with Gasteiger partial charge in [0.15, 0.2) is 0 Å². The van der Waals surface area contributed by atoms with Crippen molar-refractivity contribution in [1.82, 2.24) is 25.2 Å². The summed E-state index contributed by atoms with van der Waals surface area (Å²) in [6, 6.07) is 2.34. The number of nitrogens with zero attached hydrogens (tertiary/aromatic N) is 4. The zero-order chi connectivity index (χ0) is 18.8. The Morgan fingerprint density at radius 2 is 2.15 bits per heavy atom. The number of rotatable bonds is 6. The highest BCUT2D eigenvalue weighted by molar-refractivity contribution is 6.31. The largest absolute Gasteiger partial charge is 0.368 e. The third-order valence-corrected chi connectivity index (χ3v) is 4.12. The molecule has 1 aromatic heterocycles. The Hall–Kier alpha value is -3.01. The number of carbonyl (C=O) groups excluding carboxylic acids is 3. The average Bonchev–Trinajstić information content (AvgIpc) is 3.08. The van der Waals surface area contributed by atoms with Gasteiger partial charge in [-0.05, 0) is 17.7 Å². The molecule has 0 radical (unpaired) electrons. The maximum Gasteiger partial charge on any atom is 0.325 e. The molecule has 11 heteroatoms. The minimum absolute atomic E-state index is 0.0748. The molecule has 2 aromatic rings. The molecule has 3 N–H and O–H groups in total. The molecular formula is C15H14ClFN6O3. The van der Waals surface area contributed by atoms with Crippen LogP contribution in [0.25, 0.3) is 0 Å². The maximum absolute atomic E-state index is 13.1. The number of hydrogen-bond donors (Lipinski definition) is 2. The number of nitrogens with two attached hydrogens (primary N) is 1. The first-order chi connectivity index (χ1) is 12.3. The van der Waals surface area contributed by atoms with Crippen molar-refractivity contribution in [3.63, 3.8) is 0 Å². The van der Waals surface area contributed by atoms with E-state index >= 15 is 0 Å². The van der Waals surface area contributed by atoms with E-state index < -0.39 is 29.7 Å². The van der Waals surface area contributed by atoms with Crippen molar-refractivity contribution in [2.75, 3.05) is 0 Å². The summed E-state index contributed by atoms with van der Waals surface area (Å²) in [4.78, 5) is 36.4. The molecule has 1 aliphatic heterocycles. The lowest BCUT2D eigenvalue weighted by Crippen LogP contribution is -2.32. The minimum atomic E-state index is -0.819. The first-order valence-corrected chi connectivity index (χ1v) is 7.94. The highest BCUT2D eigenvalue weighted by atomic mass is 35.5. The van der Waals surface area contributed by atoms with Crippen LogP contribution in [0, 0.1) is 5.82 Å². The van der Waals surface area contributed by atoms with Gasteiger partial charge in [-0.15, -0.1) is 5.10 Å². The summed E-state index contributed by atoms with van der Waals surface area (Å²) in [6.07, 6.45) is 1.58. The van der Waals surface area contributed by atoms with Crippen molar-refractivity contribution in [3.05, 3.63) is 46.5 Å². The molecule has 0 spiro atoms. The van der Waals surface area contributed by atoms with E-state index in [-0.39, 0.29) is 24.5 Å². The molecule has 1 aromatic carbocycles. The fourth-order valence-electron chi connectivity index (χ4n) is 2.56. The summed E-state index contributed by atoms with van der Waals surface area (Å²) in [6.45, 7) is -0.207. The molecule has 1 saturated heterocycles. The number of imide groups is 1. The Bertz CT molecular complexity index is 886. The number of urea groups is 1. The first-order valence-electron chi connectivity index (χ1n) is 7.56. The Balaban J connectivity index is 1.68. The van der Waals surface area contributed by atoms with Crippen LogP contribution in [0.15, 0.2) is 24.4 Å². The van der Waals surface area contributed by atoms with E-state index in [1.165, 1.54) is 23.0 Å². The average molecular weight is 381 g/mol. The highest BCUT2D eigenvalue weighted by Crippen LogP contribution is 2.21. The van der Waals surface area contributed by atoms with E-state index in [0.717, 1.165) is 11.0 Å². The SMILES string of the molecule is NC(=O)Cn1cc(C[C@H]2NC(=O)N(Cc3ccc(F)cc3Cl)C2=O)nn1. The third kappa shape index (κ3) is 3.80. The second kappa shape index (κ2) is 7.08. The van der Waals surface area contributed by atoms with E-state index in [2.05, 4.69) is 15.6 Å². The van der Waals surface area contributed by atoms with Crippen LogP contribution in [0.5, 0.6) is 0 Å². The molecule has 0 unspecified atom stereocenters. The summed E-state index contributed by atoms with van der Waals surface area (Å²) in [5, 5.41) is 10.3. The number of nitrogens with one attached hydrogen (secondary N) is 1. The van der Waals surface area contributed by atoms with Gasteiger partial charge in [-0.25, -0.2) is 13.9 Å². The Kier molecular flexibility index (Phi) is 4.85. The summed E-state index contributed by atoms with van der Waals surface area (Å²) < 4.78 is 14.4. The van der Waals surface area contributed by atoms with Crippen molar-refractivity contribution >= 4 is 29.4 Å². The van der Waals surface area contributed by atoms with Crippen molar-refractivity contribution < 1.29 is 18.8 Å². The molecule has 136 valence electrons. The second-order valence-electron chi connectivity index (χ2n) is 5.74. The van der Waals surface area contributed by atoms with Gasteiger partial charge < -0.3 is 11.1 Å². The number of carbonyl (C=O) groups is 3. The smallest absolute Gasteiger partial charge is 0.325 e. The van der Waals surface area contributed by atoms with Crippen LogP contribution in [0.3, 0.4) is 0 Å². The number of amides is 4. The van der Waals surface area contributed by atoms with Gasteiger partial charge in [0.25, 0.3) is 5.91 Å². The van der Waals surface area contributed by atoms with E-state index in [1.54, 1.807) is 0 Å². The summed E-state index contributed by atoms with van der Waals surface area (Å²) in [5.74, 6) is -1.54. The highest BCUT2D eigenvalue weighted by Gasteiger charge is 2.38. The van der Waals surface area contributed by atoms with Crippen molar-refractivity contribution in [2.45, 2.75) is 25.6 Å². The van der Waals surface area contributed by atoms with Crippen molar-refractivity contribution in [1.29, 1.82) is 0 Å². The summed E-state index contributed by atoms with van der Waals surface area (Å²) in [5.41, 5.74) is 5.94. The molecular weight excluding hydrogens is 367 g/mol. The third-order valence-electron chi connectivity index (χ3n) is 3.77. The van der Waals surface area contributed by atoms with Gasteiger partial charge in [0.2, 0.25) is 5.91 Å². The molecule has 1 atom stereocenters. The standard InChI is InChI=1S/C15H14ClFN6O3/c16-11-3-9(17)2-1-8(11)5-23-14(25)12(19-15(23)26)4-10-6-22(21-20-10)7-13(18)24/h1-3,6,12H,4-5,7H2,(H2,18,24)(H,19,26)/t12-/m1/s1.